The standard InChI is InChI=1S/C18H14F3NO3/c1-10-2-4-11(5-3-10)17-14(9-16(23)24)13-8-12(25-18(19,20)21)6-7-15(13)22-17/h2-8,22H,9H2,1H3,(H,23,24). The van der Waals surface area contributed by atoms with Crippen molar-refractivity contribution < 1.29 is 27.8 Å². The van der Waals surface area contributed by atoms with E-state index in [2.05, 4.69) is 9.72 Å². The van der Waals surface area contributed by atoms with Crippen molar-refractivity contribution in [3.05, 3.63) is 53.6 Å². The smallest absolute Gasteiger partial charge is 0.481 e. The van der Waals surface area contributed by atoms with Crippen molar-refractivity contribution in [3.8, 4) is 17.0 Å². The van der Waals surface area contributed by atoms with Crippen LogP contribution in [0.25, 0.3) is 22.2 Å². The van der Waals surface area contributed by atoms with Gasteiger partial charge in [-0.05, 0) is 36.2 Å². The van der Waals surface area contributed by atoms with Gasteiger partial charge in [0.2, 0.25) is 0 Å². The molecule has 0 fully saturated rings. The topological polar surface area (TPSA) is 62.3 Å². The predicted octanol–water partition coefficient (Wildman–Crippen LogP) is 4.67. The van der Waals surface area contributed by atoms with Crippen LogP contribution in [0.15, 0.2) is 42.5 Å². The molecule has 2 N–H and O–H groups in total. The number of nitrogens with one attached hydrogen (secondary N) is 1. The fourth-order valence-electron chi connectivity index (χ4n) is 2.73. The number of rotatable bonds is 4. The number of halogens is 3. The number of aromatic amines is 1. The van der Waals surface area contributed by atoms with Gasteiger partial charge in [-0.1, -0.05) is 29.8 Å². The van der Waals surface area contributed by atoms with Crippen LogP contribution in [-0.4, -0.2) is 22.4 Å². The van der Waals surface area contributed by atoms with E-state index >= 15 is 0 Å². The molecule has 3 aromatic rings. The van der Waals surface area contributed by atoms with E-state index in [4.69, 9.17) is 0 Å². The maximum absolute atomic E-state index is 12.4. The molecular weight excluding hydrogens is 335 g/mol. The molecular formula is C18H14F3NO3. The highest BCUT2D eigenvalue weighted by Gasteiger charge is 2.31. The van der Waals surface area contributed by atoms with Crippen molar-refractivity contribution >= 4 is 16.9 Å². The molecule has 1 aromatic heterocycles. The number of benzene rings is 2. The number of carboxylic acids is 1. The third kappa shape index (κ3) is 3.76. The Kier molecular flexibility index (Phi) is 4.16. The molecule has 3 rings (SSSR count). The Morgan fingerprint density at radius 1 is 1.16 bits per heavy atom. The first-order chi connectivity index (χ1) is 11.7. The van der Waals surface area contributed by atoms with Crippen LogP contribution < -0.4 is 4.74 Å². The first-order valence-electron chi connectivity index (χ1n) is 7.42. The largest absolute Gasteiger partial charge is 0.573 e. The van der Waals surface area contributed by atoms with Crippen molar-refractivity contribution in [2.75, 3.05) is 0 Å². The summed E-state index contributed by atoms with van der Waals surface area (Å²) in [4.78, 5) is 14.3. The molecule has 0 aliphatic carbocycles. The van der Waals surface area contributed by atoms with E-state index in [0.717, 1.165) is 11.1 Å². The van der Waals surface area contributed by atoms with Crippen LogP contribution in [0.5, 0.6) is 5.75 Å². The minimum atomic E-state index is -4.81. The minimum Gasteiger partial charge on any atom is -0.481 e. The Labute approximate surface area is 140 Å². The molecule has 0 unspecified atom stereocenters. The van der Waals surface area contributed by atoms with E-state index in [0.29, 0.717) is 22.2 Å². The van der Waals surface area contributed by atoms with Gasteiger partial charge in [-0.2, -0.15) is 0 Å². The van der Waals surface area contributed by atoms with Crippen LogP contribution >= 0.6 is 0 Å². The van der Waals surface area contributed by atoms with Gasteiger partial charge in [0.25, 0.3) is 0 Å². The number of carboxylic acid groups (broad SMARTS) is 1. The van der Waals surface area contributed by atoms with Gasteiger partial charge in [0.1, 0.15) is 5.75 Å². The molecule has 25 heavy (non-hydrogen) atoms. The third-order valence-electron chi connectivity index (χ3n) is 3.78. The molecule has 1 heterocycles. The van der Waals surface area contributed by atoms with Crippen LogP contribution in [0, 0.1) is 6.92 Å². The van der Waals surface area contributed by atoms with Crippen molar-refractivity contribution in [2.24, 2.45) is 0 Å². The molecule has 0 bridgehead atoms. The van der Waals surface area contributed by atoms with Gasteiger partial charge in [-0.3, -0.25) is 4.79 Å². The molecule has 0 aliphatic heterocycles. The molecule has 4 nitrogen and oxygen atoms in total. The van der Waals surface area contributed by atoms with Gasteiger partial charge in [0.05, 0.1) is 12.1 Å². The van der Waals surface area contributed by atoms with Crippen LogP contribution in [0.3, 0.4) is 0 Å². The number of aliphatic carboxylic acids is 1. The summed E-state index contributed by atoms with van der Waals surface area (Å²) in [6, 6.07) is 11.3. The second kappa shape index (κ2) is 6.16. The molecule has 0 spiro atoms. The lowest BCUT2D eigenvalue weighted by atomic mass is 10.0. The number of H-pyrrole nitrogens is 1. The van der Waals surface area contributed by atoms with Gasteiger partial charge in [0.15, 0.2) is 0 Å². The number of aromatic nitrogens is 1. The van der Waals surface area contributed by atoms with Gasteiger partial charge >= 0.3 is 12.3 Å². The zero-order chi connectivity index (χ0) is 18.2. The van der Waals surface area contributed by atoms with Gasteiger partial charge in [0, 0.05) is 10.9 Å². The molecule has 2 aromatic carbocycles. The second-order valence-electron chi connectivity index (χ2n) is 5.67. The van der Waals surface area contributed by atoms with Crippen molar-refractivity contribution in [1.29, 1.82) is 0 Å². The number of alkyl halides is 3. The summed E-state index contributed by atoms with van der Waals surface area (Å²) in [5, 5.41) is 9.58. The lowest BCUT2D eigenvalue weighted by Gasteiger charge is -2.09. The zero-order valence-electron chi connectivity index (χ0n) is 13.1. The van der Waals surface area contributed by atoms with Gasteiger partial charge in [-0.15, -0.1) is 13.2 Å². The Morgan fingerprint density at radius 3 is 2.44 bits per heavy atom. The monoisotopic (exact) mass is 349 g/mol. The lowest BCUT2D eigenvalue weighted by Crippen LogP contribution is -2.17. The van der Waals surface area contributed by atoms with Crippen LogP contribution in [0.1, 0.15) is 11.1 Å². The van der Waals surface area contributed by atoms with Gasteiger partial charge < -0.3 is 14.8 Å². The number of hydrogen-bond acceptors (Lipinski definition) is 2. The highest BCUT2D eigenvalue weighted by molar-refractivity contribution is 5.94. The molecule has 130 valence electrons. The highest BCUT2D eigenvalue weighted by atomic mass is 19.4. The van der Waals surface area contributed by atoms with Crippen molar-refractivity contribution in [2.45, 2.75) is 19.7 Å². The van der Waals surface area contributed by atoms with E-state index in [1.165, 1.54) is 18.2 Å². The molecule has 0 atom stereocenters. The maximum Gasteiger partial charge on any atom is 0.573 e. The van der Waals surface area contributed by atoms with E-state index in [1.807, 2.05) is 31.2 Å². The summed E-state index contributed by atoms with van der Waals surface area (Å²) in [6.07, 6.45) is -5.13. The highest BCUT2D eigenvalue weighted by Crippen LogP contribution is 2.34. The number of fused-ring (bicyclic) bond motifs is 1. The Hall–Kier alpha value is -2.96. The first-order valence-corrected chi connectivity index (χ1v) is 7.42. The summed E-state index contributed by atoms with van der Waals surface area (Å²) in [6.45, 7) is 1.92. The average Bonchev–Trinajstić information content (AvgIpc) is 2.84. The lowest BCUT2D eigenvalue weighted by molar-refractivity contribution is -0.274. The van der Waals surface area contributed by atoms with Crippen LogP contribution in [0.2, 0.25) is 0 Å². The first kappa shape index (κ1) is 16.9. The Morgan fingerprint density at radius 2 is 1.84 bits per heavy atom. The third-order valence-corrected chi connectivity index (χ3v) is 3.78. The van der Waals surface area contributed by atoms with Crippen molar-refractivity contribution in [1.82, 2.24) is 4.98 Å². The number of aryl methyl sites for hydroxylation is 1. The zero-order valence-corrected chi connectivity index (χ0v) is 13.1. The fraction of sp³-hybridized carbons (Fsp3) is 0.167. The Bertz CT molecular complexity index is 927. The quantitative estimate of drug-likeness (QED) is 0.719. The van der Waals surface area contributed by atoms with Crippen molar-refractivity contribution in [3.63, 3.8) is 0 Å². The number of carbonyl (C=O) groups is 1. The number of ether oxygens (including phenoxy) is 1. The molecule has 7 heteroatoms. The SMILES string of the molecule is Cc1ccc(-c2[nH]c3ccc(OC(F)(F)F)cc3c2CC(=O)O)cc1. The Balaban J connectivity index is 2.16. The molecule has 0 radical (unpaired) electrons. The van der Waals surface area contributed by atoms with E-state index < -0.39 is 12.3 Å². The average molecular weight is 349 g/mol. The fourth-order valence-corrected chi connectivity index (χ4v) is 2.73. The summed E-state index contributed by atoms with van der Waals surface area (Å²) < 4.78 is 41.2. The normalized spacial score (nSPS) is 11.7. The second-order valence-corrected chi connectivity index (χ2v) is 5.67. The summed E-state index contributed by atoms with van der Waals surface area (Å²) in [7, 11) is 0. The predicted molar refractivity (Wildman–Crippen MR) is 86.5 cm³/mol. The van der Waals surface area contributed by atoms with E-state index in [9.17, 15) is 23.1 Å². The molecule has 0 saturated heterocycles. The summed E-state index contributed by atoms with van der Waals surface area (Å²) in [5.41, 5.74) is 3.33. The van der Waals surface area contributed by atoms with Crippen LogP contribution in [0.4, 0.5) is 13.2 Å². The minimum absolute atomic E-state index is 0.321. The molecule has 0 amide bonds. The van der Waals surface area contributed by atoms with Gasteiger partial charge in [-0.25, -0.2) is 0 Å². The summed E-state index contributed by atoms with van der Waals surface area (Å²) in [5.74, 6) is -1.46. The molecule has 0 saturated carbocycles. The summed E-state index contributed by atoms with van der Waals surface area (Å²) >= 11 is 0. The number of hydrogen-bond donors (Lipinski definition) is 2. The van der Waals surface area contributed by atoms with E-state index in [1.54, 1.807) is 0 Å². The maximum atomic E-state index is 12.4. The molecule has 0 aliphatic rings. The van der Waals surface area contributed by atoms with E-state index in [-0.39, 0.29) is 12.2 Å². The van der Waals surface area contributed by atoms with Crippen LogP contribution in [-0.2, 0) is 11.2 Å².